The van der Waals surface area contributed by atoms with Crippen molar-refractivity contribution in [2.24, 2.45) is 0 Å². The highest BCUT2D eigenvalue weighted by Gasteiger charge is 2.10. The fourth-order valence-electron chi connectivity index (χ4n) is 2.21. The van der Waals surface area contributed by atoms with E-state index in [-0.39, 0.29) is 0 Å². The van der Waals surface area contributed by atoms with E-state index in [1.807, 2.05) is 43.6 Å². The van der Waals surface area contributed by atoms with Gasteiger partial charge in [0.2, 0.25) is 0 Å². The second-order valence-corrected chi connectivity index (χ2v) is 4.30. The highest BCUT2D eigenvalue weighted by Crippen LogP contribution is 2.32. The number of hydrogen-bond acceptors (Lipinski definition) is 3. The van der Waals surface area contributed by atoms with Crippen LogP contribution in [0.2, 0.25) is 0 Å². The van der Waals surface area contributed by atoms with E-state index in [0.29, 0.717) is 0 Å². The Bertz CT molecular complexity index is 679. The van der Waals surface area contributed by atoms with E-state index in [4.69, 9.17) is 0 Å². The molecule has 0 saturated carbocycles. The van der Waals surface area contributed by atoms with Gasteiger partial charge in [0.05, 0.1) is 0 Å². The minimum atomic E-state index is 1.01. The Hall–Kier alpha value is -2.55. The first kappa shape index (κ1) is 11.5. The predicted molar refractivity (Wildman–Crippen MR) is 75.4 cm³/mol. The Morgan fingerprint density at radius 3 is 2.37 bits per heavy atom. The summed E-state index contributed by atoms with van der Waals surface area (Å²) in [5.41, 5.74) is 5.51. The van der Waals surface area contributed by atoms with Crippen molar-refractivity contribution in [3.63, 3.8) is 0 Å². The van der Waals surface area contributed by atoms with Crippen LogP contribution in [0.5, 0.6) is 0 Å². The van der Waals surface area contributed by atoms with Gasteiger partial charge in [0.25, 0.3) is 0 Å². The average Bonchev–Trinajstić information content (AvgIpc) is 2.49. The van der Waals surface area contributed by atoms with Crippen LogP contribution in [-0.4, -0.2) is 15.0 Å². The first-order valence-electron chi connectivity index (χ1n) is 6.12. The molecule has 0 aliphatic rings. The van der Waals surface area contributed by atoms with E-state index in [2.05, 4.69) is 21.0 Å². The van der Waals surface area contributed by atoms with Crippen molar-refractivity contribution in [1.82, 2.24) is 15.0 Å². The fourth-order valence-corrected chi connectivity index (χ4v) is 2.21. The van der Waals surface area contributed by atoms with Crippen molar-refractivity contribution in [2.45, 2.75) is 6.92 Å². The molecule has 3 rings (SSSR count). The molecule has 0 radical (unpaired) electrons. The van der Waals surface area contributed by atoms with Crippen molar-refractivity contribution in [3.05, 3.63) is 67.0 Å². The van der Waals surface area contributed by atoms with Gasteiger partial charge in [0.1, 0.15) is 0 Å². The smallest absolute Gasteiger partial charge is 0.0457 e. The lowest BCUT2D eigenvalue weighted by Gasteiger charge is -2.11. The molecule has 0 unspecified atom stereocenters. The topological polar surface area (TPSA) is 38.7 Å². The summed E-state index contributed by atoms with van der Waals surface area (Å²) in [6.07, 6.45) is 9.09. The second-order valence-electron chi connectivity index (χ2n) is 4.30. The molecule has 3 aromatic heterocycles. The molecule has 0 atom stereocenters. The van der Waals surface area contributed by atoms with E-state index >= 15 is 0 Å². The van der Waals surface area contributed by atoms with Gasteiger partial charge in [-0.25, -0.2) is 0 Å². The summed E-state index contributed by atoms with van der Waals surface area (Å²) in [6.45, 7) is 2.02. The van der Waals surface area contributed by atoms with Crippen LogP contribution in [-0.2, 0) is 0 Å². The molecule has 0 fully saturated rings. The normalized spacial score (nSPS) is 10.4. The summed E-state index contributed by atoms with van der Waals surface area (Å²) in [7, 11) is 0. The number of pyridine rings is 3. The molecular weight excluding hydrogens is 234 g/mol. The van der Waals surface area contributed by atoms with Gasteiger partial charge in [-0.2, -0.15) is 0 Å². The molecule has 0 bridgehead atoms. The van der Waals surface area contributed by atoms with Crippen molar-refractivity contribution >= 4 is 0 Å². The molecular formula is C16H13N3. The number of rotatable bonds is 2. The highest BCUT2D eigenvalue weighted by molar-refractivity contribution is 5.84. The third kappa shape index (κ3) is 2.22. The van der Waals surface area contributed by atoms with Gasteiger partial charge >= 0.3 is 0 Å². The molecule has 3 nitrogen and oxygen atoms in total. The summed E-state index contributed by atoms with van der Waals surface area (Å²) < 4.78 is 0. The average molecular weight is 247 g/mol. The van der Waals surface area contributed by atoms with E-state index in [1.165, 1.54) is 0 Å². The third-order valence-electron chi connectivity index (χ3n) is 3.08. The van der Waals surface area contributed by atoms with Gasteiger partial charge in [-0.05, 0) is 42.3 Å². The number of aryl methyl sites for hydroxylation is 1. The number of aromatic nitrogens is 3. The number of nitrogens with zero attached hydrogens (tertiary/aromatic N) is 3. The maximum atomic E-state index is 4.40. The van der Waals surface area contributed by atoms with Gasteiger partial charge < -0.3 is 0 Å². The molecule has 3 heteroatoms. The van der Waals surface area contributed by atoms with Crippen molar-refractivity contribution in [3.8, 4) is 22.3 Å². The molecule has 3 aromatic rings. The van der Waals surface area contributed by atoms with Gasteiger partial charge in [-0.15, -0.1) is 0 Å². The molecule has 0 aliphatic carbocycles. The zero-order valence-corrected chi connectivity index (χ0v) is 10.6. The van der Waals surface area contributed by atoms with E-state index in [1.54, 1.807) is 18.6 Å². The third-order valence-corrected chi connectivity index (χ3v) is 3.08. The van der Waals surface area contributed by atoms with Crippen LogP contribution in [0.1, 0.15) is 5.69 Å². The zero-order valence-electron chi connectivity index (χ0n) is 10.6. The van der Waals surface area contributed by atoms with Crippen LogP contribution in [0.4, 0.5) is 0 Å². The second kappa shape index (κ2) is 4.98. The standard InChI is InChI=1S/C16H13N3/c1-12-16(13-4-8-17-9-5-13)15(6-10-19-12)14-3-2-7-18-11-14/h2-11H,1H3. The molecule has 0 saturated heterocycles. The van der Waals surface area contributed by atoms with Gasteiger partial charge in [0, 0.05) is 47.8 Å². The first-order chi connectivity index (χ1) is 9.36. The van der Waals surface area contributed by atoms with Crippen LogP contribution in [0.3, 0.4) is 0 Å². The van der Waals surface area contributed by atoms with Crippen molar-refractivity contribution in [1.29, 1.82) is 0 Å². The lowest BCUT2D eigenvalue weighted by atomic mass is 9.95. The fraction of sp³-hybridized carbons (Fsp3) is 0.0625. The quantitative estimate of drug-likeness (QED) is 0.695. The van der Waals surface area contributed by atoms with E-state index < -0.39 is 0 Å². The SMILES string of the molecule is Cc1nccc(-c2cccnc2)c1-c1ccncc1. The maximum Gasteiger partial charge on any atom is 0.0457 e. The van der Waals surface area contributed by atoms with Crippen molar-refractivity contribution < 1.29 is 0 Å². The van der Waals surface area contributed by atoms with Crippen LogP contribution < -0.4 is 0 Å². The molecule has 0 amide bonds. The molecule has 0 aromatic carbocycles. The molecule has 92 valence electrons. The Kier molecular flexibility index (Phi) is 3.02. The number of hydrogen-bond donors (Lipinski definition) is 0. The Morgan fingerprint density at radius 2 is 1.63 bits per heavy atom. The molecule has 0 spiro atoms. The van der Waals surface area contributed by atoms with Crippen LogP contribution in [0.15, 0.2) is 61.3 Å². The summed E-state index contributed by atoms with van der Waals surface area (Å²) in [5.74, 6) is 0. The minimum Gasteiger partial charge on any atom is -0.265 e. The highest BCUT2D eigenvalue weighted by atomic mass is 14.7. The Morgan fingerprint density at radius 1 is 0.789 bits per heavy atom. The van der Waals surface area contributed by atoms with Crippen molar-refractivity contribution in [2.75, 3.05) is 0 Å². The largest absolute Gasteiger partial charge is 0.265 e. The molecule has 0 N–H and O–H groups in total. The first-order valence-corrected chi connectivity index (χ1v) is 6.12. The Balaban J connectivity index is 2.25. The summed E-state index contributed by atoms with van der Waals surface area (Å²) in [5, 5.41) is 0. The summed E-state index contributed by atoms with van der Waals surface area (Å²) in [6, 6.07) is 10.0. The molecule has 19 heavy (non-hydrogen) atoms. The van der Waals surface area contributed by atoms with Gasteiger partial charge in [-0.3, -0.25) is 15.0 Å². The monoisotopic (exact) mass is 247 g/mol. The van der Waals surface area contributed by atoms with Crippen LogP contribution in [0, 0.1) is 6.92 Å². The predicted octanol–water partition coefficient (Wildman–Crippen LogP) is 3.51. The van der Waals surface area contributed by atoms with Gasteiger partial charge in [0.15, 0.2) is 0 Å². The van der Waals surface area contributed by atoms with Crippen LogP contribution >= 0.6 is 0 Å². The lowest BCUT2D eigenvalue weighted by molar-refractivity contribution is 1.20. The van der Waals surface area contributed by atoms with Gasteiger partial charge in [-0.1, -0.05) is 6.07 Å². The van der Waals surface area contributed by atoms with E-state index in [9.17, 15) is 0 Å². The summed E-state index contributed by atoms with van der Waals surface area (Å²) in [4.78, 5) is 12.7. The molecule has 0 aliphatic heterocycles. The maximum absolute atomic E-state index is 4.40. The lowest BCUT2D eigenvalue weighted by Crippen LogP contribution is -1.92. The molecule has 3 heterocycles. The van der Waals surface area contributed by atoms with E-state index in [0.717, 1.165) is 27.9 Å². The zero-order chi connectivity index (χ0) is 13.1. The minimum absolute atomic E-state index is 1.01. The Labute approximate surface area is 112 Å². The van der Waals surface area contributed by atoms with Crippen LogP contribution in [0.25, 0.3) is 22.3 Å². The summed E-state index contributed by atoms with van der Waals surface area (Å²) >= 11 is 0.